The van der Waals surface area contributed by atoms with E-state index in [0.717, 1.165) is 32.1 Å². The highest BCUT2D eigenvalue weighted by atomic mass is 16.4. The van der Waals surface area contributed by atoms with Gasteiger partial charge >= 0.3 is 11.9 Å². The Kier molecular flexibility index (Phi) is 17.1. The van der Waals surface area contributed by atoms with Crippen LogP contribution in [-0.4, -0.2) is 39.4 Å². The molecule has 0 radical (unpaired) electrons. The van der Waals surface area contributed by atoms with E-state index in [1.54, 1.807) is 0 Å². The number of hydrogen-bond donors (Lipinski definition) is 3. The lowest BCUT2D eigenvalue weighted by Crippen LogP contribution is -2.45. The van der Waals surface area contributed by atoms with Crippen LogP contribution in [0.3, 0.4) is 0 Å². The lowest BCUT2D eigenvalue weighted by molar-refractivity contribution is -0.143. The third-order valence-corrected chi connectivity index (χ3v) is 7.43. The van der Waals surface area contributed by atoms with E-state index >= 15 is 0 Å². The number of amides is 1. The van der Waals surface area contributed by atoms with E-state index < -0.39 is 17.5 Å². The topological polar surface area (TPSA) is 121 Å². The molecule has 0 saturated heterocycles. The summed E-state index contributed by atoms with van der Waals surface area (Å²) in [6.45, 7) is 1.45. The number of carboxylic acid groups (broad SMARTS) is 2. The molecule has 1 fully saturated rings. The average molecular weight is 510 g/mol. The quantitative estimate of drug-likeness (QED) is 0.116. The maximum Gasteiger partial charge on any atom is 0.329 e. The van der Waals surface area contributed by atoms with Gasteiger partial charge in [0, 0.05) is 25.2 Å². The molecule has 0 spiro atoms. The molecule has 3 N–H and O–H groups in total. The van der Waals surface area contributed by atoms with Crippen LogP contribution in [0.4, 0.5) is 0 Å². The summed E-state index contributed by atoms with van der Waals surface area (Å²) in [7, 11) is 0. The van der Waals surface area contributed by atoms with Gasteiger partial charge in [-0.05, 0) is 26.2 Å². The van der Waals surface area contributed by atoms with Gasteiger partial charge in [-0.1, -0.05) is 103 Å². The fraction of sp³-hybridized carbons (Fsp3) is 0.862. The van der Waals surface area contributed by atoms with Crippen molar-refractivity contribution in [2.24, 2.45) is 5.92 Å². The minimum absolute atomic E-state index is 0.0386. The molecule has 1 aliphatic rings. The molecular weight excluding hydrogens is 458 g/mol. The second-order valence-electron chi connectivity index (χ2n) is 10.9. The summed E-state index contributed by atoms with van der Waals surface area (Å²) in [5.74, 6) is -2.23. The molecule has 2 atom stereocenters. The van der Waals surface area contributed by atoms with Crippen LogP contribution >= 0.6 is 0 Å². The molecule has 1 saturated carbocycles. The molecule has 0 heterocycles. The Morgan fingerprint density at radius 3 is 1.33 bits per heavy atom. The van der Waals surface area contributed by atoms with Crippen molar-refractivity contribution in [3.63, 3.8) is 0 Å². The summed E-state index contributed by atoms with van der Waals surface area (Å²) in [6.07, 6.45) is 22.6. The number of carbonyl (C=O) groups is 4. The first-order chi connectivity index (χ1) is 17.3. The highest BCUT2D eigenvalue weighted by molar-refractivity contribution is 5.91. The predicted octanol–water partition coefficient (Wildman–Crippen LogP) is 6.81. The predicted molar refractivity (Wildman–Crippen MR) is 142 cm³/mol. The van der Waals surface area contributed by atoms with Crippen LogP contribution < -0.4 is 5.32 Å². The van der Waals surface area contributed by atoms with Crippen molar-refractivity contribution in [3.8, 4) is 0 Å². The number of carboxylic acids is 2. The number of rotatable bonds is 25. The first-order valence-corrected chi connectivity index (χ1v) is 14.5. The van der Waals surface area contributed by atoms with Crippen molar-refractivity contribution in [2.45, 2.75) is 154 Å². The highest BCUT2D eigenvalue weighted by Crippen LogP contribution is 2.46. The molecule has 0 bridgehead atoms. The monoisotopic (exact) mass is 509 g/mol. The summed E-state index contributed by atoms with van der Waals surface area (Å²) in [6, 6.07) is 0. The van der Waals surface area contributed by atoms with Crippen LogP contribution in [0, 0.1) is 5.92 Å². The van der Waals surface area contributed by atoms with Crippen molar-refractivity contribution < 1.29 is 29.4 Å². The zero-order valence-corrected chi connectivity index (χ0v) is 22.7. The van der Waals surface area contributed by atoms with Gasteiger partial charge in [-0.2, -0.15) is 0 Å². The van der Waals surface area contributed by atoms with Crippen LogP contribution in [0.1, 0.15) is 148 Å². The molecule has 1 rings (SSSR count). The highest BCUT2D eigenvalue weighted by Gasteiger charge is 2.61. The van der Waals surface area contributed by atoms with E-state index in [9.17, 15) is 24.3 Å². The molecule has 1 amide bonds. The molecule has 7 nitrogen and oxygen atoms in total. The van der Waals surface area contributed by atoms with Crippen molar-refractivity contribution >= 4 is 23.6 Å². The maximum absolute atomic E-state index is 12.2. The summed E-state index contributed by atoms with van der Waals surface area (Å²) in [4.78, 5) is 45.4. The lowest BCUT2D eigenvalue weighted by atomic mass is 10.0. The first kappa shape index (κ1) is 32.1. The molecule has 2 unspecified atom stereocenters. The Bertz CT molecular complexity index is 664. The standard InChI is InChI=1S/C29H51NO6/c1-24(31)22-25-23-29(25,28(35)36)30-26(32)20-18-16-14-12-10-8-6-4-2-3-5-7-9-11-13-15-17-19-21-27(33)34/h25H,2-23H2,1H3,(H,30,32)(H,33,34)(H,35,36). The Balaban J connectivity index is 1.82. The number of ketones is 1. The molecule has 208 valence electrons. The zero-order valence-electron chi connectivity index (χ0n) is 22.7. The van der Waals surface area contributed by atoms with Crippen LogP contribution in [-0.2, 0) is 19.2 Å². The van der Waals surface area contributed by atoms with Gasteiger partial charge in [-0.3, -0.25) is 9.59 Å². The second-order valence-corrected chi connectivity index (χ2v) is 10.9. The molecule has 7 heteroatoms. The number of carbonyl (C=O) groups excluding carboxylic acids is 2. The minimum atomic E-state index is -1.21. The molecule has 0 aromatic rings. The van der Waals surface area contributed by atoms with Gasteiger partial charge < -0.3 is 20.3 Å². The maximum atomic E-state index is 12.2. The second kappa shape index (κ2) is 19.2. The number of aliphatic carboxylic acids is 2. The van der Waals surface area contributed by atoms with Gasteiger partial charge in [-0.15, -0.1) is 0 Å². The van der Waals surface area contributed by atoms with Gasteiger partial charge in [0.1, 0.15) is 11.3 Å². The Morgan fingerprint density at radius 1 is 0.639 bits per heavy atom. The Labute approximate surface area is 218 Å². The van der Waals surface area contributed by atoms with Gasteiger partial charge in [0.2, 0.25) is 5.91 Å². The lowest BCUT2D eigenvalue weighted by Gasteiger charge is -2.14. The van der Waals surface area contributed by atoms with Crippen LogP contribution in [0.25, 0.3) is 0 Å². The Morgan fingerprint density at radius 2 is 1.00 bits per heavy atom. The number of unbranched alkanes of at least 4 members (excludes halogenated alkanes) is 17. The van der Waals surface area contributed by atoms with Crippen LogP contribution in [0.2, 0.25) is 0 Å². The summed E-state index contributed by atoms with van der Waals surface area (Å²) >= 11 is 0. The third-order valence-electron chi connectivity index (χ3n) is 7.43. The molecular formula is C29H51NO6. The normalized spacial score (nSPS) is 18.6. The van der Waals surface area contributed by atoms with Crippen molar-refractivity contribution in [1.82, 2.24) is 5.32 Å². The average Bonchev–Trinajstić information content (AvgIpc) is 3.49. The fourth-order valence-electron chi connectivity index (χ4n) is 5.09. The third kappa shape index (κ3) is 15.2. The smallest absolute Gasteiger partial charge is 0.329 e. The zero-order chi connectivity index (χ0) is 26.7. The largest absolute Gasteiger partial charge is 0.481 e. The molecule has 0 aliphatic heterocycles. The fourth-order valence-corrected chi connectivity index (χ4v) is 5.09. The summed E-state index contributed by atoms with van der Waals surface area (Å²) in [5, 5.41) is 20.7. The van der Waals surface area contributed by atoms with Gasteiger partial charge in [-0.25, -0.2) is 4.79 Å². The van der Waals surface area contributed by atoms with E-state index in [1.165, 1.54) is 90.4 Å². The van der Waals surface area contributed by atoms with Crippen molar-refractivity contribution in [2.75, 3.05) is 0 Å². The Hall–Kier alpha value is -1.92. The van der Waals surface area contributed by atoms with E-state index in [-0.39, 0.29) is 24.0 Å². The summed E-state index contributed by atoms with van der Waals surface area (Å²) < 4.78 is 0. The van der Waals surface area contributed by atoms with Gasteiger partial charge in [0.25, 0.3) is 0 Å². The van der Waals surface area contributed by atoms with Crippen molar-refractivity contribution in [3.05, 3.63) is 0 Å². The van der Waals surface area contributed by atoms with Crippen LogP contribution in [0.15, 0.2) is 0 Å². The minimum Gasteiger partial charge on any atom is -0.481 e. The first-order valence-electron chi connectivity index (χ1n) is 14.5. The molecule has 36 heavy (non-hydrogen) atoms. The van der Waals surface area contributed by atoms with Crippen molar-refractivity contribution in [1.29, 1.82) is 0 Å². The SMILES string of the molecule is CC(=O)CC1CC1(NC(=O)CCCCCCCCCCCCCCCCCCCCC(=O)O)C(=O)O. The van der Waals surface area contributed by atoms with E-state index in [4.69, 9.17) is 5.11 Å². The molecule has 0 aromatic carbocycles. The number of nitrogens with one attached hydrogen (secondary N) is 1. The molecule has 0 aromatic heterocycles. The number of hydrogen-bond acceptors (Lipinski definition) is 4. The van der Waals surface area contributed by atoms with E-state index in [1.807, 2.05) is 0 Å². The van der Waals surface area contributed by atoms with Gasteiger partial charge in [0.05, 0.1) is 0 Å². The van der Waals surface area contributed by atoms with E-state index in [0.29, 0.717) is 19.3 Å². The van der Waals surface area contributed by atoms with E-state index in [2.05, 4.69) is 5.32 Å². The summed E-state index contributed by atoms with van der Waals surface area (Å²) in [5.41, 5.74) is -1.21. The van der Waals surface area contributed by atoms with Crippen LogP contribution in [0.5, 0.6) is 0 Å². The molecule has 1 aliphatic carbocycles. The van der Waals surface area contributed by atoms with Gasteiger partial charge in [0.15, 0.2) is 0 Å². The number of Topliss-reactive ketones (excluding diaryl/α,β-unsaturated/α-hetero) is 1.